The van der Waals surface area contributed by atoms with Gasteiger partial charge >= 0.3 is 0 Å². The zero-order valence-corrected chi connectivity index (χ0v) is 18.2. The molecule has 7 heteroatoms. The number of rotatable bonds is 6. The van der Waals surface area contributed by atoms with Gasteiger partial charge in [0.15, 0.2) is 16.9 Å². The van der Waals surface area contributed by atoms with E-state index >= 15 is 0 Å². The molecular weight excluding hydrogens is 390 g/mol. The van der Waals surface area contributed by atoms with Crippen LogP contribution in [0.3, 0.4) is 0 Å². The van der Waals surface area contributed by atoms with Crippen molar-refractivity contribution in [3.05, 3.63) is 35.4 Å². The van der Waals surface area contributed by atoms with Gasteiger partial charge in [-0.05, 0) is 36.2 Å². The number of likely N-dealkylation sites (N-methyl/N-ethyl adjacent to an activating group) is 1. The Morgan fingerprint density at radius 3 is 2.52 bits per heavy atom. The van der Waals surface area contributed by atoms with Crippen molar-refractivity contribution >= 4 is 5.71 Å². The van der Waals surface area contributed by atoms with Gasteiger partial charge in [-0.15, -0.1) is 0 Å². The lowest BCUT2D eigenvalue weighted by molar-refractivity contribution is 0.211. The lowest BCUT2D eigenvalue weighted by Crippen LogP contribution is -2.52. The molecule has 1 aliphatic heterocycles. The molecular formula is C24H27N5O2. The van der Waals surface area contributed by atoms with Crippen LogP contribution in [0.15, 0.2) is 29.8 Å². The number of nitrogens with one attached hydrogen (secondary N) is 1. The van der Waals surface area contributed by atoms with Gasteiger partial charge < -0.3 is 14.9 Å². The van der Waals surface area contributed by atoms with Crippen molar-refractivity contribution in [2.24, 2.45) is 17.3 Å². The normalized spacial score (nSPS) is 24.7. The minimum Gasteiger partial charge on any atom is -0.493 e. The Hall–Kier alpha value is -3.34. The average molecular weight is 418 g/mol. The molecule has 2 aliphatic rings. The zero-order chi connectivity index (χ0) is 22.6. The van der Waals surface area contributed by atoms with Gasteiger partial charge in [-0.1, -0.05) is 26.0 Å². The fraction of sp³-hybridized carbons (Fsp3) is 0.500. The molecule has 1 heterocycles. The topological polar surface area (TPSA) is 117 Å². The highest BCUT2D eigenvalue weighted by Crippen LogP contribution is 2.54. The Balaban J connectivity index is 2.19. The van der Waals surface area contributed by atoms with Gasteiger partial charge in [0.2, 0.25) is 0 Å². The Labute approximate surface area is 183 Å². The molecule has 1 fully saturated rings. The van der Waals surface area contributed by atoms with Crippen LogP contribution in [0.2, 0.25) is 0 Å². The summed E-state index contributed by atoms with van der Waals surface area (Å²) >= 11 is 0. The molecule has 1 aromatic carbocycles. The summed E-state index contributed by atoms with van der Waals surface area (Å²) in [5, 5.41) is 38.8. The van der Waals surface area contributed by atoms with E-state index in [1.165, 1.54) is 0 Å². The Morgan fingerprint density at radius 2 is 1.94 bits per heavy atom. The first-order valence-corrected chi connectivity index (χ1v) is 10.5. The molecule has 0 aromatic heterocycles. The van der Waals surface area contributed by atoms with E-state index in [1.54, 1.807) is 13.2 Å². The minimum atomic E-state index is -1.73. The monoisotopic (exact) mass is 417 g/mol. The van der Waals surface area contributed by atoms with Crippen LogP contribution in [0, 0.1) is 56.7 Å². The third-order valence-corrected chi connectivity index (χ3v) is 6.32. The number of methoxy groups -OCH3 is 1. The second-order valence-corrected chi connectivity index (χ2v) is 7.91. The number of nitrogens with zero attached hydrogens (tertiary/aromatic N) is 4. The summed E-state index contributed by atoms with van der Waals surface area (Å²) in [5.74, 6) is -0.539. The fourth-order valence-corrected chi connectivity index (χ4v) is 4.71. The maximum absolute atomic E-state index is 10.2. The summed E-state index contributed by atoms with van der Waals surface area (Å²) in [6.45, 7) is 6.77. The van der Waals surface area contributed by atoms with E-state index < -0.39 is 17.3 Å². The average Bonchev–Trinajstić information content (AvgIpc) is 2.81. The molecule has 3 atom stereocenters. The zero-order valence-electron chi connectivity index (χ0n) is 18.2. The quantitative estimate of drug-likeness (QED) is 0.706. The Morgan fingerprint density at radius 1 is 1.19 bits per heavy atom. The van der Waals surface area contributed by atoms with Crippen molar-refractivity contribution < 1.29 is 9.47 Å². The molecule has 0 radical (unpaired) electrons. The van der Waals surface area contributed by atoms with E-state index in [0.717, 1.165) is 24.1 Å². The predicted molar refractivity (Wildman–Crippen MR) is 116 cm³/mol. The van der Waals surface area contributed by atoms with Gasteiger partial charge in [-0.25, -0.2) is 0 Å². The smallest absolute Gasteiger partial charge is 0.189 e. The van der Waals surface area contributed by atoms with Gasteiger partial charge in [0, 0.05) is 24.9 Å². The molecule has 3 rings (SSSR count). The number of benzene rings is 1. The van der Waals surface area contributed by atoms with E-state index in [9.17, 15) is 15.8 Å². The maximum atomic E-state index is 10.2. The number of fused-ring (bicyclic) bond motifs is 1. The highest BCUT2D eigenvalue weighted by atomic mass is 16.5. The van der Waals surface area contributed by atoms with Crippen molar-refractivity contribution in [2.45, 2.75) is 26.2 Å². The number of nitriles is 3. The van der Waals surface area contributed by atoms with Crippen molar-refractivity contribution in [3.63, 3.8) is 0 Å². The van der Waals surface area contributed by atoms with Crippen LogP contribution in [-0.2, 0) is 0 Å². The van der Waals surface area contributed by atoms with Crippen LogP contribution in [0.1, 0.15) is 31.7 Å². The lowest BCUT2D eigenvalue weighted by atomic mass is 9.54. The number of ether oxygens (including phenoxy) is 2. The van der Waals surface area contributed by atoms with Gasteiger partial charge in [-0.3, -0.25) is 4.90 Å². The first kappa shape index (κ1) is 22.3. The molecule has 1 saturated carbocycles. The number of hydrogen-bond donors (Lipinski definition) is 1. The van der Waals surface area contributed by atoms with Gasteiger partial charge in [0.05, 0.1) is 37.6 Å². The maximum Gasteiger partial charge on any atom is 0.189 e. The molecule has 0 saturated heterocycles. The van der Waals surface area contributed by atoms with E-state index in [4.69, 9.17) is 14.9 Å². The van der Waals surface area contributed by atoms with E-state index in [0.29, 0.717) is 31.2 Å². The van der Waals surface area contributed by atoms with Crippen LogP contribution in [0.4, 0.5) is 0 Å². The molecule has 31 heavy (non-hydrogen) atoms. The molecule has 1 aliphatic carbocycles. The standard InChI is InChI=1S/C24H27N5O2/c1-4-10-31-20-7-6-16(11-21(20)30-3)22-19-13-29(5-2)9-8-17(19)18(12-25)23(28)24(22,14-26)15-27/h6-8,11,18-19,22,28H,4-5,9-10,13H2,1-3H3/t18?,19-,22+/m0/s1. The predicted octanol–water partition coefficient (Wildman–Crippen LogP) is 3.65. The second kappa shape index (κ2) is 9.21. The van der Waals surface area contributed by atoms with Gasteiger partial charge in [-0.2, -0.15) is 15.8 Å². The van der Waals surface area contributed by atoms with Crippen LogP contribution in [-0.4, -0.2) is 44.0 Å². The van der Waals surface area contributed by atoms with E-state index in [1.807, 2.05) is 25.1 Å². The van der Waals surface area contributed by atoms with Crippen LogP contribution >= 0.6 is 0 Å². The summed E-state index contributed by atoms with van der Waals surface area (Å²) < 4.78 is 11.3. The highest BCUT2D eigenvalue weighted by Gasteiger charge is 2.57. The van der Waals surface area contributed by atoms with Crippen LogP contribution in [0.5, 0.6) is 11.5 Å². The van der Waals surface area contributed by atoms with E-state index in [2.05, 4.69) is 30.0 Å². The summed E-state index contributed by atoms with van der Waals surface area (Å²) in [4.78, 5) is 2.22. The summed E-state index contributed by atoms with van der Waals surface area (Å²) in [6.07, 6.45) is 2.86. The fourth-order valence-electron chi connectivity index (χ4n) is 4.71. The van der Waals surface area contributed by atoms with Gasteiger partial charge in [0.25, 0.3) is 0 Å². The van der Waals surface area contributed by atoms with Crippen molar-refractivity contribution in [1.82, 2.24) is 4.90 Å². The molecule has 160 valence electrons. The second-order valence-electron chi connectivity index (χ2n) is 7.91. The SMILES string of the molecule is CCCOc1ccc([C@@H]2[C@H]3CN(CC)CC=C3C(C#N)C(=N)C2(C#N)C#N)cc1OC. The molecule has 0 amide bonds. The molecule has 1 unspecified atom stereocenters. The summed E-state index contributed by atoms with van der Waals surface area (Å²) in [5.41, 5.74) is -0.286. The van der Waals surface area contributed by atoms with Crippen molar-refractivity contribution in [3.8, 4) is 29.7 Å². The van der Waals surface area contributed by atoms with Crippen molar-refractivity contribution in [1.29, 1.82) is 21.2 Å². The molecule has 1 aromatic rings. The van der Waals surface area contributed by atoms with E-state index in [-0.39, 0.29) is 11.6 Å². The largest absolute Gasteiger partial charge is 0.493 e. The molecule has 1 N–H and O–H groups in total. The Bertz CT molecular complexity index is 996. The van der Waals surface area contributed by atoms with Crippen molar-refractivity contribution in [2.75, 3.05) is 33.4 Å². The Kier molecular flexibility index (Phi) is 6.64. The first-order valence-electron chi connectivity index (χ1n) is 10.5. The van der Waals surface area contributed by atoms with Crippen LogP contribution in [0.25, 0.3) is 0 Å². The molecule has 0 bridgehead atoms. The first-order chi connectivity index (χ1) is 15.0. The van der Waals surface area contributed by atoms with Crippen LogP contribution < -0.4 is 9.47 Å². The third kappa shape index (κ3) is 3.65. The summed E-state index contributed by atoms with van der Waals surface area (Å²) in [6, 6.07) is 11.9. The lowest BCUT2D eigenvalue weighted by Gasteiger charge is -2.47. The third-order valence-electron chi connectivity index (χ3n) is 6.32. The highest BCUT2D eigenvalue weighted by molar-refractivity contribution is 6.00. The minimum absolute atomic E-state index is 0.136. The number of hydrogen-bond acceptors (Lipinski definition) is 7. The van der Waals surface area contributed by atoms with Gasteiger partial charge in [0.1, 0.15) is 5.92 Å². The molecule has 7 nitrogen and oxygen atoms in total. The molecule has 0 spiro atoms. The summed E-state index contributed by atoms with van der Waals surface area (Å²) in [7, 11) is 1.55.